The molecule has 0 fully saturated rings. The highest BCUT2D eigenvalue weighted by molar-refractivity contribution is 5.94. The first kappa shape index (κ1) is 22.8. The molecule has 0 aliphatic heterocycles. The lowest BCUT2D eigenvalue weighted by Gasteiger charge is -2.20. The smallest absolute Gasteiger partial charge is 0.352 e. The van der Waals surface area contributed by atoms with Crippen molar-refractivity contribution in [3.05, 3.63) is 77.9 Å². The summed E-state index contributed by atoms with van der Waals surface area (Å²) in [6.45, 7) is 2.46. The number of rotatable bonds is 8. The second-order valence-corrected chi connectivity index (χ2v) is 6.97. The van der Waals surface area contributed by atoms with Crippen LogP contribution >= 0.6 is 0 Å². The van der Waals surface area contributed by atoms with Gasteiger partial charge in [0.1, 0.15) is 0 Å². The lowest BCUT2D eigenvalue weighted by molar-refractivity contribution is -0.0333. The number of aryl methyl sites for hydroxylation is 1. The Labute approximate surface area is 184 Å². The molecule has 0 saturated carbocycles. The summed E-state index contributed by atoms with van der Waals surface area (Å²) in [4.78, 5) is 21.6. The van der Waals surface area contributed by atoms with Crippen molar-refractivity contribution in [1.29, 1.82) is 5.26 Å². The molecule has 1 aromatic carbocycles. The van der Waals surface area contributed by atoms with E-state index >= 15 is 0 Å². The first-order valence-corrected chi connectivity index (χ1v) is 9.69. The van der Waals surface area contributed by atoms with E-state index in [4.69, 9.17) is 4.74 Å². The third-order valence-corrected chi connectivity index (χ3v) is 4.80. The molecule has 0 spiro atoms. The zero-order valence-electron chi connectivity index (χ0n) is 17.5. The number of nitrogens with zero attached hydrogens (tertiary/aromatic N) is 4. The molecule has 2 heterocycles. The standard InChI is InChI=1S/C23H21F2N5O2/c1-16-3-4-19(23(24,25)29-22(31)17-5-7-27-8-6-17)12-21(16)18-11-20(14-28-13-18)30(15-26)9-10-32-2/h3-8,11-14H,9-10H2,1-2H3,(H,29,31). The predicted octanol–water partition coefficient (Wildman–Crippen LogP) is 3.87. The van der Waals surface area contributed by atoms with E-state index in [2.05, 4.69) is 16.2 Å². The molecule has 1 N–H and O–H groups in total. The number of ether oxygens (including phenoxy) is 1. The summed E-state index contributed by atoms with van der Waals surface area (Å²) in [5.74, 6) is -0.911. The molecule has 7 nitrogen and oxygen atoms in total. The monoisotopic (exact) mass is 437 g/mol. The Balaban J connectivity index is 1.91. The molecule has 0 saturated heterocycles. The Bertz CT molecular complexity index is 1130. The highest BCUT2D eigenvalue weighted by Crippen LogP contribution is 2.32. The number of alkyl halides is 2. The van der Waals surface area contributed by atoms with Crippen LogP contribution in [0.4, 0.5) is 14.5 Å². The largest absolute Gasteiger partial charge is 0.383 e. The summed E-state index contributed by atoms with van der Waals surface area (Å²) < 4.78 is 34.8. The Hall–Kier alpha value is -3.90. The number of aromatic nitrogens is 2. The molecule has 3 aromatic rings. The molecule has 0 aliphatic carbocycles. The first-order valence-electron chi connectivity index (χ1n) is 9.69. The average Bonchev–Trinajstić information content (AvgIpc) is 2.80. The topological polar surface area (TPSA) is 91.1 Å². The lowest BCUT2D eigenvalue weighted by Crippen LogP contribution is -2.38. The summed E-state index contributed by atoms with van der Waals surface area (Å²) in [6.07, 6.45) is 7.83. The van der Waals surface area contributed by atoms with Crippen molar-refractivity contribution < 1.29 is 18.3 Å². The van der Waals surface area contributed by atoms with Crippen molar-refractivity contribution in [2.24, 2.45) is 0 Å². The van der Waals surface area contributed by atoms with Crippen LogP contribution in [0, 0.1) is 18.4 Å². The van der Waals surface area contributed by atoms with E-state index < -0.39 is 12.0 Å². The third kappa shape index (κ3) is 5.22. The number of methoxy groups -OCH3 is 1. The van der Waals surface area contributed by atoms with Gasteiger partial charge in [0.25, 0.3) is 5.91 Å². The molecule has 1 amide bonds. The number of benzene rings is 1. The molecule has 0 bridgehead atoms. The number of hydrogen-bond donors (Lipinski definition) is 1. The van der Waals surface area contributed by atoms with E-state index in [-0.39, 0.29) is 11.1 Å². The first-order chi connectivity index (χ1) is 15.4. The zero-order chi connectivity index (χ0) is 23.1. The van der Waals surface area contributed by atoms with Gasteiger partial charge in [-0.15, -0.1) is 0 Å². The van der Waals surface area contributed by atoms with Crippen LogP contribution in [0.15, 0.2) is 61.2 Å². The number of carbonyl (C=O) groups is 1. The van der Waals surface area contributed by atoms with E-state index in [1.54, 1.807) is 24.4 Å². The molecular weight excluding hydrogens is 416 g/mol. The Morgan fingerprint density at radius 3 is 2.62 bits per heavy atom. The lowest BCUT2D eigenvalue weighted by atomic mass is 9.98. The van der Waals surface area contributed by atoms with Crippen molar-refractivity contribution in [2.75, 3.05) is 25.2 Å². The van der Waals surface area contributed by atoms with Crippen molar-refractivity contribution in [1.82, 2.24) is 15.3 Å². The van der Waals surface area contributed by atoms with Crippen LogP contribution in [0.3, 0.4) is 0 Å². The maximum Gasteiger partial charge on any atom is 0.352 e. The Kier molecular flexibility index (Phi) is 7.07. The van der Waals surface area contributed by atoms with Crippen LogP contribution in [0.2, 0.25) is 0 Å². The fourth-order valence-corrected chi connectivity index (χ4v) is 3.06. The average molecular weight is 437 g/mol. The summed E-state index contributed by atoms with van der Waals surface area (Å²) in [6, 6.07) is 4.94. The van der Waals surface area contributed by atoms with E-state index in [1.807, 2.05) is 0 Å². The van der Waals surface area contributed by atoms with Gasteiger partial charge in [0.2, 0.25) is 0 Å². The Morgan fingerprint density at radius 2 is 1.94 bits per heavy atom. The third-order valence-electron chi connectivity index (χ3n) is 4.80. The van der Waals surface area contributed by atoms with Crippen molar-refractivity contribution >= 4 is 11.6 Å². The van der Waals surface area contributed by atoms with Gasteiger partial charge in [-0.2, -0.15) is 14.0 Å². The molecular formula is C23H21F2N5O2. The van der Waals surface area contributed by atoms with Gasteiger partial charge in [-0.3, -0.25) is 25.0 Å². The summed E-state index contributed by atoms with van der Waals surface area (Å²) in [5, 5.41) is 11.2. The minimum atomic E-state index is -3.61. The summed E-state index contributed by atoms with van der Waals surface area (Å²) >= 11 is 0. The van der Waals surface area contributed by atoms with Crippen LogP contribution in [-0.2, 0) is 10.8 Å². The van der Waals surface area contributed by atoms with Crippen LogP contribution in [0.1, 0.15) is 21.5 Å². The summed E-state index contributed by atoms with van der Waals surface area (Å²) in [7, 11) is 1.53. The van der Waals surface area contributed by atoms with Crippen molar-refractivity contribution in [3.63, 3.8) is 0 Å². The second kappa shape index (κ2) is 9.94. The van der Waals surface area contributed by atoms with Crippen LogP contribution in [0.25, 0.3) is 11.1 Å². The molecule has 2 aromatic heterocycles. The fraction of sp³-hybridized carbons (Fsp3) is 0.217. The van der Waals surface area contributed by atoms with Gasteiger partial charge in [-0.05, 0) is 42.3 Å². The van der Waals surface area contributed by atoms with Gasteiger partial charge in [0, 0.05) is 42.4 Å². The normalized spacial score (nSPS) is 11.0. The van der Waals surface area contributed by atoms with E-state index in [1.165, 1.54) is 61.1 Å². The number of anilines is 1. The number of halogens is 2. The van der Waals surface area contributed by atoms with Gasteiger partial charge >= 0.3 is 6.05 Å². The summed E-state index contributed by atoms with van der Waals surface area (Å²) in [5.41, 5.74) is 2.04. The maximum absolute atomic E-state index is 14.9. The van der Waals surface area contributed by atoms with Gasteiger partial charge < -0.3 is 4.74 Å². The second-order valence-electron chi connectivity index (χ2n) is 6.97. The SMILES string of the molecule is COCCN(C#N)c1cncc(-c2cc(C(F)(F)NC(=O)c3ccncc3)ccc2C)c1. The van der Waals surface area contributed by atoms with Crippen molar-refractivity contribution in [3.8, 4) is 17.3 Å². The van der Waals surface area contributed by atoms with E-state index in [0.717, 1.165) is 5.56 Å². The minimum absolute atomic E-state index is 0.0802. The molecule has 32 heavy (non-hydrogen) atoms. The number of hydrogen-bond acceptors (Lipinski definition) is 6. The molecule has 0 radical (unpaired) electrons. The molecule has 0 aliphatic rings. The van der Waals surface area contributed by atoms with E-state index in [9.17, 15) is 18.8 Å². The molecule has 9 heteroatoms. The number of pyridine rings is 2. The van der Waals surface area contributed by atoms with Crippen molar-refractivity contribution in [2.45, 2.75) is 13.0 Å². The Morgan fingerprint density at radius 1 is 1.19 bits per heavy atom. The molecule has 164 valence electrons. The van der Waals surface area contributed by atoms with Crippen LogP contribution in [-0.4, -0.2) is 36.1 Å². The number of nitriles is 1. The quantitative estimate of drug-likeness (QED) is 0.327. The predicted molar refractivity (Wildman–Crippen MR) is 115 cm³/mol. The van der Waals surface area contributed by atoms with Crippen LogP contribution in [0.5, 0.6) is 0 Å². The zero-order valence-corrected chi connectivity index (χ0v) is 17.5. The van der Waals surface area contributed by atoms with Gasteiger partial charge in [0.05, 0.1) is 25.0 Å². The van der Waals surface area contributed by atoms with E-state index in [0.29, 0.717) is 30.0 Å². The molecule has 3 rings (SSSR count). The number of nitrogens with one attached hydrogen (secondary N) is 1. The van der Waals surface area contributed by atoms with Crippen LogP contribution < -0.4 is 10.2 Å². The highest BCUT2D eigenvalue weighted by Gasteiger charge is 2.34. The highest BCUT2D eigenvalue weighted by atomic mass is 19.3. The fourth-order valence-electron chi connectivity index (χ4n) is 3.06. The molecule has 0 unspecified atom stereocenters. The number of carbonyl (C=O) groups excluding carboxylic acids is 1. The number of amides is 1. The van der Waals surface area contributed by atoms with Gasteiger partial charge in [-0.1, -0.05) is 12.1 Å². The van der Waals surface area contributed by atoms with Gasteiger partial charge in [-0.25, -0.2) is 0 Å². The minimum Gasteiger partial charge on any atom is -0.383 e. The molecule has 0 atom stereocenters. The van der Waals surface area contributed by atoms with Gasteiger partial charge in [0.15, 0.2) is 6.19 Å². The maximum atomic E-state index is 14.9.